The maximum atomic E-state index is 12.2. The highest BCUT2D eigenvalue weighted by Gasteiger charge is 2.13. The van der Waals surface area contributed by atoms with Gasteiger partial charge in [-0.25, -0.2) is 4.98 Å². The van der Waals surface area contributed by atoms with E-state index in [4.69, 9.17) is 0 Å². The minimum absolute atomic E-state index is 0.00661. The maximum Gasteiger partial charge on any atom is 0.307 e. The number of thiazole rings is 2. The molecule has 24 heavy (non-hydrogen) atoms. The highest BCUT2D eigenvalue weighted by Crippen LogP contribution is 2.30. The van der Waals surface area contributed by atoms with Crippen LogP contribution in [0, 0.1) is 20.8 Å². The number of benzene rings is 1. The van der Waals surface area contributed by atoms with Gasteiger partial charge in [-0.3, -0.25) is 14.2 Å². The van der Waals surface area contributed by atoms with E-state index in [-0.39, 0.29) is 17.3 Å². The number of hydrogen-bond donors (Lipinski definition) is 1. The summed E-state index contributed by atoms with van der Waals surface area (Å²) in [5.74, 6) is -0.247. The molecule has 3 aromatic rings. The minimum Gasteiger partial charge on any atom is -0.300 e. The lowest BCUT2D eigenvalue weighted by molar-refractivity contribution is -0.116. The van der Waals surface area contributed by atoms with Crippen molar-refractivity contribution in [3.05, 3.63) is 55.4 Å². The van der Waals surface area contributed by atoms with Gasteiger partial charge < -0.3 is 5.32 Å². The summed E-state index contributed by atoms with van der Waals surface area (Å²) in [5.41, 5.74) is 3.88. The van der Waals surface area contributed by atoms with Crippen LogP contribution in [0.3, 0.4) is 0 Å². The Morgan fingerprint density at radius 1 is 1.21 bits per heavy atom. The third kappa shape index (κ3) is 3.47. The molecule has 0 saturated carbocycles. The van der Waals surface area contributed by atoms with Crippen molar-refractivity contribution < 1.29 is 4.79 Å². The van der Waals surface area contributed by atoms with Gasteiger partial charge in [0.05, 0.1) is 5.69 Å². The van der Waals surface area contributed by atoms with Crippen LogP contribution in [0.25, 0.3) is 11.3 Å². The van der Waals surface area contributed by atoms with Crippen LogP contribution in [0.4, 0.5) is 5.13 Å². The molecule has 0 bridgehead atoms. The predicted molar refractivity (Wildman–Crippen MR) is 99.0 cm³/mol. The van der Waals surface area contributed by atoms with Crippen molar-refractivity contribution in [3.8, 4) is 11.3 Å². The number of amides is 1. The van der Waals surface area contributed by atoms with E-state index in [2.05, 4.69) is 10.3 Å². The number of hydrogen-bond acceptors (Lipinski definition) is 5. The van der Waals surface area contributed by atoms with Crippen LogP contribution in [0.2, 0.25) is 0 Å². The topological polar surface area (TPSA) is 64.0 Å². The van der Waals surface area contributed by atoms with E-state index in [0.717, 1.165) is 33.2 Å². The molecule has 5 nitrogen and oxygen atoms in total. The molecule has 1 N–H and O–H groups in total. The SMILES string of the molecule is Cc1ccc(-c2nc(NC(=O)Cn3c(C)csc3=O)sc2C)cc1. The number of nitrogens with one attached hydrogen (secondary N) is 1. The number of aryl methyl sites for hydroxylation is 3. The zero-order valence-corrected chi connectivity index (χ0v) is 15.3. The Kier molecular flexibility index (Phi) is 4.64. The van der Waals surface area contributed by atoms with Crippen molar-refractivity contribution in [2.45, 2.75) is 27.3 Å². The maximum absolute atomic E-state index is 12.2. The van der Waals surface area contributed by atoms with Gasteiger partial charge in [0.1, 0.15) is 6.54 Å². The Morgan fingerprint density at radius 2 is 1.92 bits per heavy atom. The highest BCUT2D eigenvalue weighted by atomic mass is 32.1. The lowest BCUT2D eigenvalue weighted by atomic mass is 10.1. The standard InChI is InChI=1S/C17H17N3O2S2/c1-10-4-6-13(7-5-10)15-12(3)24-16(19-15)18-14(21)8-20-11(2)9-23-17(20)22/h4-7,9H,8H2,1-3H3,(H,18,19,21). The molecule has 7 heteroatoms. The first kappa shape index (κ1) is 16.6. The van der Waals surface area contributed by atoms with Gasteiger partial charge in [0.15, 0.2) is 5.13 Å². The monoisotopic (exact) mass is 359 g/mol. The second-order valence-electron chi connectivity index (χ2n) is 5.57. The van der Waals surface area contributed by atoms with E-state index in [0.29, 0.717) is 5.13 Å². The lowest BCUT2D eigenvalue weighted by Crippen LogP contribution is -2.25. The number of aromatic nitrogens is 2. The fourth-order valence-electron chi connectivity index (χ4n) is 2.33. The molecule has 1 amide bonds. The molecule has 0 aliphatic carbocycles. The number of carbonyl (C=O) groups is 1. The smallest absolute Gasteiger partial charge is 0.300 e. The van der Waals surface area contributed by atoms with Gasteiger partial charge in [-0.15, -0.1) is 11.3 Å². The molecule has 0 fully saturated rings. The Morgan fingerprint density at radius 3 is 2.54 bits per heavy atom. The Labute approximate surface area is 147 Å². The van der Waals surface area contributed by atoms with Gasteiger partial charge in [0.25, 0.3) is 0 Å². The third-order valence-corrected chi connectivity index (χ3v) is 5.41. The molecule has 0 aliphatic rings. The average Bonchev–Trinajstić information content (AvgIpc) is 3.05. The van der Waals surface area contributed by atoms with E-state index in [1.54, 1.807) is 5.38 Å². The Balaban J connectivity index is 1.76. The first-order valence-corrected chi connectivity index (χ1v) is 9.13. The summed E-state index contributed by atoms with van der Waals surface area (Å²) in [4.78, 5) is 29.3. The summed E-state index contributed by atoms with van der Waals surface area (Å²) in [5, 5.41) is 5.09. The molecular formula is C17H17N3O2S2. The van der Waals surface area contributed by atoms with E-state index in [1.165, 1.54) is 21.5 Å². The molecule has 0 atom stereocenters. The van der Waals surface area contributed by atoms with E-state index < -0.39 is 0 Å². The molecule has 3 rings (SSSR count). The normalized spacial score (nSPS) is 10.8. The molecular weight excluding hydrogens is 342 g/mol. The van der Waals surface area contributed by atoms with Crippen molar-refractivity contribution >= 4 is 33.7 Å². The van der Waals surface area contributed by atoms with Crippen molar-refractivity contribution in [1.82, 2.24) is 9.55 Å². The summed E-state index contributed by atoms with van der Waals surface area (Å²) in [7, 11) is 0. The fraction of sp³-hybridized carbons (Fsp3) is 0.235. The van der Waals surface area contributed by atoms with Crippen LogP contribution in [0.15, 0.2) is 34.4 Å². The van der Waals surface area contributed by atoms with E-state index in [1.807, 2.05) is 45.0 Å². The first-order valence-electron chi connectivity index (χ1n) is 7.43. The van der Waals surface area contributed by atoms with Crippen molar-refractivity contribution in [2.75, 3.05) is 5.32 Å². The van der Waals surface area contributed by atoms with Crippen molar-refractivity contribution in [1.29, 1.82) is 0 Å². The second kappa shape index (κ2) is 6.70. The number of nitrogens with zero attached hydrogens (tertiary/aromatic N) is 2. The van der Waals surface area contributed by atoms with Crippen LogP contribution in [0.5, 0.6) is 0 Å². The zero-order chi connectivity index (χ0) is 17.3. The summed E-state index contributed by atoms with van der Waals surface area (Å²) < 4.78 is 1.46. The molecule has 0 saturated heterocycles. The zero-order valence-electron chi connectivity index (χ0n) is 13.6. The molecule has 0 spiro atoms. The van der Waals surface area contributed by atoms with Gasteiger partial charge in [0, 0.05) is 21.5 Å². The summed E-state index contributed by atoms with van der Waals surface area (Å²) in [6, 6.07) is 8.13. The van der Waals surface area contributed by atoms with E-state index >= 15 is 0 Å². The van der Waals surface area contributed by atoms with Crippen LogP contribution >= 0.6 is 22.7 Å². The lowest BCUT2D eigenvalue weighted by Gasteiger charge is -2.04. The second-order valence-corrected chi connectivity index (χ2v) is 7.59. The summed E-state index contributed by atoms with van der Waals surface area (Å²) >= 11 is 2.53. The molecule has 0 unspecified atom stereocenters. The number of carbonyl (C=O) groups excluding carboxylic acids is 1. The van der Waals surface area contributed by atoms with Gasteiger partial charge in [-0.05, 0) is 20.8 Å². The predicted octanol–water partition coefficient (Wildman–Crippen LogP) is 3.60. The van der Waals surface area contributed by atoms with Gasteiger partial charge in [-0.2, -0.15) is 0 Å². The van der Waals surface area contributed by atoms with E-state index in [9.17, 15) is 9.59 Å². The molecule has 2 aromatic heterocycles. The Bertz CT molecular complexity index is 936. The minimum atomic E-state index is -0.247. The van der Waals surface area contributed by atoms with Crippen LogP contribution in [0.1, 0.15) is 16.1 Å². The molecule has 2 heterocycles. The summed E-state index contributed by atoms with van der Waals surface area (Å²) in [6.45, 7) is 5.84. The average molecular weight is 359 g/mol. The Hall–Kier alpha value is -2.25. The summed E-state index contributed by atoms with van der Waals surface area (Å²) in [6.07, 6.45) is 0. The quantitative estimate of drug-likeness (QED) is 0.774. The van der Waals surface area contributed by atoms with Gasteiger partial charge >= 0.3 is 4.87 Å². The highest BCUT2D eigenvalue weighted by molar-refractivity contribution is 7.16. The number of rotatable bonds is 4. The van der Waals surface area contributed by atoms with Crippen LogP contribution in [-0.2, 0) is 11.3 Å². The molecule has 1 aromatic carbocycles. The van der Waals surface area contributed by atoms with Crippen LogP contribution < -0.4 is 10.2 Å². The third-order valence-electron chi connectivity index (χ3n) is 3.65. The van der Waals surface area contributed by atoms with Crippen LogP contribution in [-0.4, -0.2) is 15.5 Å². The fourth-order valence-corrected chi connectivity index (χ4v) is 3.91. The van der Waals surface area contributed by atoms with Crippen molar-refractivity contribution in [2.24, 2.45) is 0 Å². The molecule has 0 radical (unpaired) electrons. The van der Waals surface area contributed by atoms with Gasteiger partial charge in [-0.1, -0.05) is 41.2 Å². The number of anilines is 1. The van der Waals surface area contributed by atoms with Crippen molar-refractivity contribution in [3.63, 3.8) is 0 Å². The largest absolute Gasteiger partial charge is 0.307 e. The molecule has 0 aliphatic heterocycles. The van der Waals surface area contributed by atoms with Gasteiger partial charge in [0.2, 0.25) is 5.91 Å². The first-order chi connectivity index (χ1) is 11.4. The molecule has 124 valence electrons.